The maximum atomic E-state index is 12.4. The molecule has 1 fully saturated rings. The third-order valence-corrected chi connectivity index (χ3v) is 4.01. The Morgan fingerprint density at radius 3 is 2.86 bits per heavy atom. The highest BCUT2D eigenvalue weighted by Gasteiger charge is 2.31. The molecule has 1 aromatic rings. The summed E-state index contributed by atoms with van der Waals surface area (Å²) in [5.41, 5.74) is 1.08. The molecule has 7 heteroatoms. The van der Waals surface area contributed by atoms with Crippen LogP contribution < -0.4 is 4.74 Å². The fraction of sp³-hybridized carbons (Fsp3) is 0.467. The molecule has 0 unspecified atom stereocenters. The standard InChI is InChI=1S/C15H18BrNO5/c1-9-3-4-12(11(16)7-9)22-10(2)14(18)17-5-6-21-13(8-17)15(19)20/h3-4,7,10,13H,5-6,8H2,1-2H3,(H,19,20)/t10-,13-/m0/s1. The molecule has 1 aliphatic heterocycles. The third kappa shape index (κ3) is 3.98. The molecule has 0 aliphatic carbocycles. The molecule has 1 saturated heterocycles. The maximum absolute atomic E-state index is 12.4. The SMILES string of the molecule is Cc1ccc(O[C@@H](C)C(=O)N2CCO[C@H](C(=O)O)C2)c(Br)c1. The molecule has 1 amide bonds. The second-order valence-electron chi connectivity index (χ2n) is 5.18. The number of carbonyl (C=O) groups is 2. The van der Waals surface area contributed by atoms with Crippen molar-refractivity contribution in [1.82, 2.24) is 4.90 Å². The molecule has 2 rings (SSSR count). The van der Waals surface area contributed by atoms with Crippen LogP contribution in [0.15, 0.2) is 22.7 Å². The topological polar surface area (TPSA) is 76.1 Å². The van der Waals surface area contributed by atoms with Crippen molar-refractivity contribution in [2.45, 2.75) is 26.1 Å². The Labute approximate surface area is 137 Å². The monoisotopic (exact) mass is 371 g/mol. The van der Waals surface area contributed by atoms with Gasteiger partial charge in [-0.15, -0.1) is 0 Å². The van der Waals surface area contributed by atoms with Crippen molar-refractivity contribution in [3.8, 4) is 5.75 Å². The summed E-state index contributed by atoms with van der Waals surface area (Å²) in [5, 5.41) is 8.97. The normalized spacial score (nSPS) is 19.6. The Bertz CT molecular complexity index is 577. The summed E-state index contributed by atoms with van der Waals surface area (Å²) in [6.07, 6.45) is -1.68. The van der Waals surface area contributed by atoms with Crippen LogP contribution in [0.5, 0.6) is 5.75 Å². The minimum atomic E-state index is -1.06. The van der Waals surface area contributed by atoms with Gasteiger partial charge in [0.15, 0.2) is 12.2 Å². The van der Waals surface area contributed by atoms with Crippen LogP contribution in [0.1, 0.15) is 12.5 Å². The van der Waals surface area contributed by atoms with Gasteiger partial charge in [0.25, 0.3) is 5.91 Å². The van der Waals surface area contributed by atoms with E-state index in [4.69, 9.17) is 14.6 Å². The van der Waals surface area contributed by atoms with Gasteiger partial charge in [-0.25, -0.2) is 4.79 Å². The molecule has 1 aromatic carbocycles. The van der Waals surface area contributed by atoms with Crippen molar-refractivity contribution in [3.05, 3.63) is 28.2 Å². The van der Waals surface area contributed by atoms with Crippen molar-refractivity contribution < 1.29 is 24.2 Å². The molecule has 2 atom stereocenters. The number of morpholine rings is 1. The van der Waals surface area contributed by atoms with E-state index in [2.05, 4.69) is 15.9 Å². The van der Waals surface area contributed by atoms with Crippen LogP contribution in [0.4, 0.5) is 0 Å². The van der Waals surface area contributed by atoms with Gasteiger partial charge in [-0.05, 0) is 47.5 Å². The number of aliphatic carboxylic acids is 1. The number of aryl methyl sites for hydroxylation is 1. The molecule has 0 bridgehead atoms. The van der Waals surface area contributed by atoms with E-state index in [1.807, 2.05) is 19.1 Å². The number of hydrogen-bond donors (Lipinski definition) is 1. The van der Waals surface area contributed by atoms with Crippen LogP contribution in [0.2, 0.25) is 0 Å². The summed E-state index contributed by atoms with van der Waals surface area (Å²) >= 11 is 3.40. The lowest BCUT2D eigenvalue weighted by Gasteiger charge is -2.32. The van der Waals surface area contributed by atoms with E-state index >= 15 is 0 Å². The van der Waals surface area contributed by atoms with Gasteiger partial charge in [0.2, 0.25) is 0 Å². The van der Waals surface area contributed by atoms with Crippen LogP contribution in [-0.2, 0) is 14.3 Å². The van der Waals surface area contributed by atoms with Gasteiger partial charge in [-0.1, -0.05) is 6.07 Å². The van der Waals surface area contributed by atoms with Gasteiger partial charge in [-0.2, -0.15) is 0 Å². The Balaban J connectivity index is 2.01. The van der Waals surface area contributed by atoms with Gasteiger partial charge in [0.1, 0.15) is 5.75 Å². The van der Waals surface area contributed by atoms with E-state index in [0.29, 0.717) is 12.3 Å². The quantitative estimate of drug-likeness (QED) is 0.873. The van der Waals surface area contributed by atoms with Crippen molar-refractivity contribution in [2.24, 2.45) is 0 Å². The van der Waals surface area contributed by atoms with Crippen LogP contribution in [0.3, 0.4) is 0 Å². The van der Waals surface area contributed by atoms with E-state index in [9.17, 15) is 9.59 Å². The predicted molar refractivity (Wildman–Crippen MR) is 82.9 cm³/mol. The van der Waals surface area contributed by atoms with Crippen LogP contribution in [0.25, 0.3) is 0 Å². The summed E-state index contributed by atoms with van der Waals surface area (Å²) in [6, 6.07) is 5.59. The first kappa shape index (κ1) is 16.8. The second-order valence-corrected chi connectivity index (χ2v) is 6.03. The first-order chi connectivity index (χ1) is 10.4. The zero-order valence-electron chi connectivity index (χ0n) is 12.4. The lowest BCUT2D eigenvalue weighted by atomic mass is 10.2. The first-order valence-corrected chi connectivity index (χ1v) is 7.74. The Kier molecular flexibility index (Phi) is 5.42. The predicted octanol–water partition coefficient (Wildman–Crippen LogP) is 1.84. The molecule has 0 aromatic heterocycles. The number of carboxylic acids is 1. The number of ether oxygens (including phenoxy) is 2. The molecular weight excluding hydrogens is 354 g/mol. The number of nitrogens with zero attached hydrogens (tertiary/aromatic N) is 1. The van der Waals surface area contributed by atoms with Crippen molar-refractivity contribution in [3.63, 3.8) is 0 Å². The molecule has 1 N–H and O–H groups in total. The minimum absolute atomic E-state index is 0.0386. The molecule has 1 aliphatic rings. The molecule has 1 heterocycles. The average molecular weight is 372 g/mol. The molecule has 22 heavy (non-hydrogen) atoms. The summed E-state index contributed by atoms with van der Waals surface area (Å²) in [5.74, 6) is -0.733. The molecule has 0 saturated carbocycles. The zero-order chi connectivity index (χ0) is 16.3. The van der Waals surface area contributed by atoms with Gasteiger partial charge in [0, 0.05) is 6.54 Å². The van der Waals surface area contributed by atoms with Crippen LogP contribution in [-0.4, -0.2) is 53.8 Å². The van der Waals surface area contributed by atoms with Crippen molar-refractivity contribution in [1.29, 1.82) is 0 Å². The minimum Gasteiger partial charge on any atom is -0.480 e. The highest BCUT2D eigenvalue weighted by atomic mass is 79.9. The zero-order valence-corrected chi connectivity index (χ0v) is 14.0. The Hall–Kier alpha value is -1.60. The van der Waals surface area contributed by atoms with E-state index < -0.39 is 18.2 Å². The van der Waals surface area contributed by atoms with Crippen LogP contribution in [0, 0.1) is 6.92 Å². The number of carbonyl (C=O) groups excluding carboxylic acids is 1. The van der Waals surface area contributed by atoms with Gasteiger partial charge in [0.05, 0.1) is 17.6 Å². The van der Waals surface area contributed by atoms with Gasteiger partial charge in [-0.3, -0.25) is 4.79 Å². The highest BCUT2D eigenvalue weighted by Crippen LogP contribution is 2.27. The third-order valence-electron chi connectivity index (χ3n) is 3.39. The fourth-order valence-corrected chi connectivity index (χ4v) is 2.78. The average Bonchev–Trinajstić information content (AvgIpc) is 2.49. The van der Waals surface area contributed by atoms with Gasteiger partial charge >= 0.3 is 5.97 Å². The van der Waals surface area contributed by atoms with E-state index in [1.165, 1.54) is 4.90 Å². The summed E-state index contributed by atoms with van der Waals surface area (Å²) in [6.45, 7) is 4.23. The lowest BCUT2D eigenvalue weighted by molar-refractivity contribution is -0.161. The number of amides is 1. The smallest absolute Gasteiger partial charge is 0.334 e. The van der Waals surface area contributed by atoms with Crippen molar-refractivity contribution in [2.75, 3.05) is 19.7 Å². The maximum Gasteiger partial charge on any atom is 0.334 e. The fourth-order valence-electron chi connectivity index (χ4n) is 2.20. The molecule has 6 nitrogen and oxygen atoms in total. The molecule has 0 radical (unpaired) electrons. The number of carboxylic acid groups (broad SMARTS) is 1. The number of benzene rings is 1. The molecule has 120 valence electrons. The van der Waals surface area contributed by atoms with E-state index in [1.54, 1.807) is 13.0 Å². The lowest BCUT2D eigenvalue weighted by Crippen LogP contribution is -2.51. The first-order valence-electron chi connectivity index (χ1n) is 6.94. The molecular formula is C15H18BrNO5. The number of rotatable bonds is 4. The van der Waals surface area contributed by atoms with E-state index in [-0.39, 0.29) is 19.1 Å². The summed E-state index contributed by atoms with van der Waals surface area (Å²) in [7, 11) is 0. The highest BCUT2D eigenvalue weighted by molar-refractivity contribution is 9.10. The summed E-state index contributed by atoms with van der Waals surface area (Å²) in [4.78, 5) is 24.8. The number of halogens is 1. The summed E-state index contributed by atoms with van der Waals surface area (Å²) < 4.78 is 11.6. The van der Waals surface area contributed by atoms with Crippen LogP contribution >= 0.6 is 15.9 Å². The van der Waals surface area contributed by atoms with Crippen molar-refractivity contribution >= 4 is 27.8 Å². The second kappa shape index (κ2) is 7.11. The Morgan fingerprint density at radius 1 is 1.50 bits per heavy atom. The number of hydrogen-bond acceptors (Lipinski definition) is 4. The largest absolute Gasteiger partial charge is 0.480 e. The Morgan fingerprint density at radius 2 is 2.23 bits per heavy atom. The molecule has 0 spiro atoms. The van der Waals surface area contributed by atoms with E-state index in [0.717, 1.165) is 10.0 Å². The van der Waals surface area contributed by atoms with Gasteiger partial charge < -0.3 is 19.5 Å².